The van der Waals surface area contributed by atoms with E-state index in [9.17, 15) is 9.59 Å². The van der Waals surface area contributed by atoms with Crippen LogP contribution in [0.2, 0.25) is 5.02 Å². The summed E-state index contributed by atoms with van der Waals surface area (Å²) >= 11 is 5.74. The van der Waals surface area contributed by atoms with E-state index >= 15 is 0 Å². The number of hydrazone groups is 1. The van der Waals surface area contributed by atoms with Gasteiger partial charge < -0.3 is 4.79 Å². The summed E-state index contributed by atoms with van der Waals surface area (Å²) in [5.41, 5.74) is 1.12. The minimum Gasteiger partial charge on any atom is -0.302 e. The molecular weight excluding hydrogens is 228 g/mol. The zero-order valence-electron chi connectivity index (χ0n) is 8.55. The smallest absolute Gasteiger partial charge is 0.263 e. The fraction of sp³-hybridized carbons (Fsp3) is 0.182. The second-order valence-electron chi connectivity index (χ2n) is 3.48. The first kappa shape index (κ1) is 10.8. The van der Waals surface area contributed by atoms with Crippen molar-refractivity contribution in [3.8, 4) is 0 Å². The van der Waals surface area contributed by atoms with Gasteiger partial charge in [0.1, 0.15) is 12.2 Å². The molecule has 1 aliphatic rings. The Labute approximate surface area is 97.5 Å². The van der Waals surface area contributed by atoms with Crippen LogP contribution in [0.15, 0.2) is 29.4 Å². The lowest BCUT2D eigenvalue weighted by Crippen LogP contribution is -2.27. The number of hydrogen-bond acceptors (Lipinski definition) is 3. The Bertz CT molecular complexity index is 467. The van der Waals surface area contributed by atoms with Crippen LogP contribution in [0.3, 0.4) is 0 Å². The van der Waals surface area contributed by atoms with Crippen LogP contribution in [0, 0.1) is 5.92 Å². The van der Waals surface area contributed by atoms with Gasteiger partial charge >= 0.3 is 0 Å². The van der Waals surface area contributed by atoms with Crippen molar-refractivity contribution in [2.75, 3.05) is 5.01 Å². The first-order valence-electron chi connectivity index (χ1n) is 4.73. The summed E-state index contributed by atoms with van der Waals surface area (Å²) in [5, 5.41) is 5.86. The first-order valence-corrected chi connectivity index (χ1v) is 5.11. The molecule has 1 aliphatic heterocycles. The van der Waals surface area contributed by atoms with Crippen molar-refractivity contribution in [3.63, 3.8) is 0 Å². The Morgan fingerprint density at radius 3 is 2.50 bits per heavy atom. The van der Waals surface area contributed by atoms with E-state index in [0.29, 0.717) is 22.7 Å². The Morgan fingerprint density at radius 2 is 2.00 bits per heavy atom. The van der Waals surface area contributed by atoms with Gasteiger partial charge in [-0.2, -0.15) is 10.1 Å². The molecule has 82 valence electrons. The summed E-state index contributed by atoms with van der Waals surface area (Å²) in [5.74, 6) is -1.08. The van der Waals surface area contributed by atoms with Crippen molar-refractivity contribution in [2.24, 2.45) is 11.0 Å². The number of nitrogens with zero attached hydrogens (tertiary/aromatic N) is 2. The minimum absolute atomic E-state index is 0.324. The Morgan fingerprint density at radius 1 is 1.38 bits per heavy atom. The van der Waals surface area contributed by atoms with E-state index < -0.39 is 5.92 Å². The average Bonchev–Trinajstić information content (AvgIpc) is 2.55. The van der Waals surface area contributed by atoms with Crippen molar-refractivity contribution in [1.29, 1.82) is 0 Å². The highest BCUT2D eigenvalue weighted by Gasteiger charge is 2.33. The van der Waals surface area contributed by atoms with Gasteiger partial charge in [-0.3, -0.25) is 4.79 Å². The third-order valence-corrected chi connectivity index (χ3v) is 2.64. The number of halogens is 1. The van der Waals surface area contributed by atoms with Crippen molar-refractivity contribution < 1.29 is 9.59 Å². The van der Waals surface area contributed by atoms with E-state index in [4.69, 9.17) is 11.6 Å². The van der Waals surface area contributed by atoms with Crippen LogP contribution >= 0.6 is 11.6 Å². The summed E-state index contributed by atoms with van der Waals surface area (Å²) in [6, 6.07) is 6.71. The topological polar surface area (TPSA) is 49.7 Å². The number of carbonyl (C=O) groups is 2. The first-order chi connectivity index (χ1) is 7.63. The minimum atomic E-state index is -0.754. The summed E-state index contributed by atoms with van der Waals surface area (Å²) in [7, 11) is 0. The summed E-state index contributed by atoms with van der Waals surface area (Å²) < 4.78 is 0. The molecular formula is C11H9ClN2O2. The van der Waals surface area contributed by atoms with Gasteiger partial charge in [0.15, 0.2) is 0 Å². The maximum absolute atomic E-state index is 11.8. The van der Waals surface area contributed by atoms with Crippen LogP contribution in [0.25, 0.3) is 0 Å². The molecule has 1 atom stereocenters. The van der Waals surface area contributed by atoms with E-state index in [-0.39, 0.29) is 5.91 Å². The van der Waals surface area contributed by atoms with E-state index in [0.717, 1.165) is 0 Å². The molecule has 0 saturated carbocycles. The Hall–Kier alpha value is -1.68. The maximum Gasteiger partial charge on any atom is 0.263 e. The second kappa shape index (κ2) is 4.06. The standard InChI is InChI=1S/C11H9ClN2O2/c1-7-10(6-15)11(16)14(13-7)9-4-2-8(12)3-5-9/h2-6,10H,1H3. The number of carbonyl (C=O) groups excluding carboxylic acids is 2. The number of hydrogen-bond donors (Lipinski definition) is 0. The van der Waals surface area contributed by atoms with Gasteiger partial charge in [-0.1, -0.05) is 11.6 Å². The maximum atomic E-state index is 11.8. The average molecular weight is 237 g/mol. The number of benzene rings is 1. The van der Waals surface area contributed by atoms with Gasteiger partial charge in [-0.05, 0) is 31.2 Å². The highest BCUT2D eigenvalue weighted by Crippen LogP contribution is 2.24. The molecule has 0 aromatic heterocycles. The number of anilines is 1. The van der Waals surface area contributed by atoms with Crippen LogP contribution in [-0.2, 0) is 9.59 Å². The zero-order valence-corrected chi connectivity index (χ0v) is 9.31. The molecule has 5 heteroatoms. The Kier molecular flexibility index (Phi) is 2.75. The number of amides is 1. The molecule has 0 N–H and O–H groups in total. The third-order valence-electron chi connectivity index (χ3n) is 2.39. The van der Waals surface area contributed by atoms with Gasteiger partial charge in [0.05, 0.1) is 11.4 Å². The summed E-state index contributed by atoms with van der Waals surface area (Å²) in [6.45, 7) is 1.66. The molecule has 0 fully saturated rings. The fourth-order valence-corrected chi connectivity index (χ4v) is 1.63. The van der Waals surface area contributed by atoms with Gasteiger partial charge in [0.2, 0.25) is 0 Å². The van der Waals surface area contributed by atoms with Crippen LogP contribution < -0.4 is 5.01 Å². The van der Waals surface area contributed by atoms with E-state index in [1.165, 1.54) is 5.01 Å². The molecule has 0 saturated heterocycles. The molecule has 0 bridgehead atoms. The van der Waals surface area contributed by atoms with Crippen molar-refractivity contribution in [2.45, 2.75) is 6.92 Å². The van der Waals surface area contributed by atoms with Crippen molar-refractivity contribution in [3.05, 3.63) is 29.3 Å². The molecule has 1 aromatic carbocycles. The van der Waals surface area contributed by atoms with Crippen molar-refractivity contribution >= 4 is 35.2 Å². The fourth-order valence-electron chi connectivity index (χ4n) is 1.50. The molecule has 4 nitrogen and oxygen atoms in total. The number of aldehydes is 1. The Balaban J connectivity index is 2.34. The number of rotatable bonds is 2. The molecule has 1 aromatic rings. The molecule has 0 radical (unpaired) electrons. The second-order valence-corrected chi connectivity index (χ2v) is 3.92. The largest absolute Gasteiger partial charge is 0.302 e. The molecule has 1 amide bonds. The van der Waals surface area contributed by atoms with E-state index in [1.807, 2.05) is 0 Å². The van der Waals surface area contributed by atoms with Gasteiger partial charge in [-0.15, -0.1) is 0 Å². The zero-order chi connectivity index (χ0) is 11.7. The quantitative estimate of drug-likeness (QED) is 0.582. The predicted molar refractivity (Wildman–Crippen MR) is 61.6 cm³/mol. The summed E-state index contributed by atoms with van der Waals surface area (Å²) in [6.07, 6.45) is 0.608. The van der Waals surface area contributed by atoms with E-state index in [2.05, 4.69) is 5.10 Å². The molecule has 0 spiro atoms. The predicted octanol–water partition coefficient (Wildman–Crippen LogP) is 1.88. The van der Waals surface area contributed by atoms with Crippen LogP contribution in [0.4, 0.5) is 5.69 Å². The molecule has 16 heavy (non-hydrogen) atoms. The van der Waals surface area contributed by atoms with Crippen molar-refractivity contribution in [1.82, 2.24) is 0 Å². The van der Waals surface area contributed by atoms with Gasteiger partial charge in [0, 0.05) is 5.02 Å². The SMILES string of the molecule is CC1=NN(c2ccc(Cl)cc2)C(=O)C1C=O. The monoisotopic (exact) mass is 236 g/mol. The lowest BCUT2D eigenvalue weighted by atomic mass is 10.1. The molecule has 1 unspecified atom stereocenters. The van der Waals surface area contributed by atoms with E-state index in [1.54, 1.807) is 31.2 Å². The highest BCUT2D eigenvalue weighted by molar-refractivity contribution is 6.30. The molecule has 0 aliphatic carbocycles. The normalized spacial score (nSPS) is 19.9. The van der Waals surface area contributed by atoms with Crippen LogP contribution in [0.1, 0.15) is 6.92 Å². The lowest BCUT2D eigenvalue weighted by Gasteiger charge is -2.12. The van der Waals surface area contributed by atoms with Gasteiger partial charge in [0.25, 0.3) is 5.91 Å². The molecule has 1 heterocycles. The van der Waals surface area contributed by atoms with Crippen LogP contribution in [-0.4, -0.2) is 17.9 Å². The third kappa shape index (κ3) is 1.72. The molecule has 2 rings (SSSR count). The van der Waals surface area contributed by atoms with Gasteiger partial charge in [-0.25, -0.2) is 0 Å². The summed E-state index contributed by atoms with van der Waals surface area (Å²) in [4.78, 5) is 22.5. The lowest BCUT2D eigenvalue weighted by molar-refractivity contribution is -0.123. The highest BCUT2D eigenvalue weighted by atomic mass is 35.5. The van der Waals surface area contributed by atoms with Crippen LogP contribution in [0.5, 0.6) is 0 Å².